The van der Waals surface area contributed by atoms with Crippen molar-refractivity contribution in [1.82, 2.24) is 4.31 Å². The number of nitrogens with zero attached hydrogens (tertiary/aromatic N) is 1. The van der Waals surface area contributed by atoms with Gasteiger partial charge >= 0.3 is 0 Å². The average molecular weight is 364 g/mol. The van der Waals surface area contributed by atoms with Crippen LogP contribution in [0.2, 0.25) is 0 Å². The van der Waals surface area contributed by atoms with E-state index in [-0.39, 0.29) is 11.4 Å². The van der Waals surface area contributed by atoms with E-state index in [1.807, 2.05) is 0 Å². The molecule has 7 nitrogen and oxygen atoms in total. The van der Waals surface area contributed by atoms with Crippen LogP contribution >= 0.6 is 0 Å². The lowest BCUT2D eigenvalue weighted by molar-refractivity contribution is -0.116. The van der Waals surface area contributed by atoms with Gasteiger partial charge in [0.15, 0.2) is 0 Å². The number of hydrogen-bond acceptors (Lipinski definition) is 5. The van der Waals surface area contributed by atoms with E-state index >= 15 is 0 Å². The number of carbonyl (C=O) groups excluding carboxylic acids is 1. The third-order valence-electron chi connectivity index (χ3n) is 3.50. The first kappa shape index (κ1) is 18.8. The zero-order valence-corrected chi connectivity index (χ0v) is 15.0. The van der Waals surface area contributed by atoms with Crippen molar-refractivity contribution in [2.75, 3.05) is 33.1 Å². The quantitative estimate of drug-likeness (QED) is 0.812. The Morgan fingerprint density at radius 3 is 2.36 bits per heavy atom. The highest BCUT2D eigenvalue weighted by molar-refractivity contribution is 7.89. The van der Waals surface area contributed by atoms with E-state index in [1.54, 1.807) is 36.4 Å². The van der Waals surface area contributed by atoms with Gasteiger partial charge in [-0.05, 0) is 24.3 Å². The van der Waals surface area contributed by atoms with E-state index in [0.717, 1.165) is 4.31 Å². The molecule has 0 unspecified atom stereocenters. The maximum atomic E-state index is 12.4. The third-order valence-corrected chi connectivity index (χ3v) is 5.32. The van der Waals surface area contributed by atoms with Crippen molar-refractivity contribution >= 4 is 21.6 Å². The van der Waals surface area contributed by atoms with Crippen LogP contribution in [0.3, 0.4) is 0 Å². The predicted octanol–water partition coefficient (Wildman–Crippen LogP) is 1.96. The van der Waals surface area contributed by atoms with E-state index in [0.29, 0.717) is 17.2 Å². The fraction of sp³-hybridized carbons (Fsp3) is 0.235. The van der Waals surface area contributed by atoms with Crippen molar-refractivity contribution in [3.05, 3.63) is 48.5 Å². The molecule has 0 spiro atoms. The smallest absolute Gasteiger partial charge is 0.243 e. The molecule has 0 saturated carbocycles. The first-order chi connectivity index (χ1) is 11.9. The van der Waals surface area contributed by atoms with E-state index < -0.39 is 15.9 Å². The molecule has 134 valence electrons. The maximum absolute atomic E-state index is 12.4. The number of methoxy groups -OCH3 is 2. The zero-order chi connectivity index (χ0) is 18.4. The van der Waals surface area contributed by atoms with E-state index in [2.05, 4.69) is 5.32 Å². The summed E-state index contributed by atoms with van der Waals surface area (Å²) in [5, 5.41) is 2.64. The SMILES string of the molecule is COc1ccc(NC(=O)CN(C)S(=O)(=O)c2ccccc2)c(OC)c1. The topological polar surface area (TPSA) is 84.9 Å². The summed E-state index contributed by atoms with van der Waals surface area (Å²) in [4.78, 5) is 12.4. The molecular formula is C17H20N2O5S. The Kier molecular flexibility index (Phi) is 6.00. The molecule has 1 amide bonds. The van der Waals surface area contributed by atoms with Gasteiger partial charge < -0.3 is 14.8 Å². The van der Waals surface area contributed by atoms with Gasteiger partial charge in [0, 0.05) is 13.1 Å². The summed E-state index contributed by atoms with van der Waals surface area (Å²) in [7, 11) is 0.616. The Balaban J connectivity index is 2.10. The third kappa shape index (κ3) is 4.49. The van der Waals surface area contributed by atoms with Crippen molar-refractivity contribution < 1.29 is 22.7 Å². The van der Waals surface area contributed by atoms with E-state index in [1.165, 1.54) is 33.4 Å². The minimum Gasteiger partial charge on any atom is -0.497 e. The summed E-state index contributed by atoms with van der Waals surface area (Å²) in [5.74, 6) is 0.519. The maximum Gasteiger partial charge on any atom is 0.243 e. The lowest BCUT2D eigenvalue weighted by Crippen LogP contribution is -2.35. The van der Waals surface area contributed by atoms with Crippen LogP contribution in [0.5, 0.6) is 11.5 Å². The monoisotopic (exact) mass is 364 g/mol. The number of likely N-dealkylation sites (N-methyl/N-ethyl adjacent to an activating group) is 1. The first-order valence-corrected chi connectivity index (χ1v) is 8.85. The number of nitrogens with one attached hydrogen (secondary N) is 1. The fourth-order valence-corrected chi connectivity index (χ4v) is 3.30. The normalized spacial score (nSPS) is 11.2. The minimum atomic E-state index is -3.73. The zero-order valence-electron chi connectivity index (χ0n) is 14.2. The van der Waals surface area contributed by atoms with Crippen LogP contribution in [-0.2, 0) is 14.8 Å². The number of rotatable bonds is 7. The summed E-state index contributed by atoms with van der Waals surface area (Å²) in [6.45, 7) is -0.327. The number of ether oxygens (including phenoxy) is 2. The van der Waals surface area contributed by atoms with Crippen molar-refractivity contribution in [1.29, 1.82) is 0 Å². The second kappa shape index (κ2) is 8.00. The summed E-state index contributed by atoms with van der Waals surface area (Å²) < 4.78 is 36.2. The molecule has 25 heavy (non-hydrogen) atoms. The lowest BCUT2D eigenvalue weighted by Gasteiger charge is -2.17. The average Bonchev–Trinajstić information content (AvgIpc) is 2.62. The van der Waals surface area contributed by atoms with E-state index in [4.69, 9.17) is 9.47 Å². The number of hydrogen-bond donors (Lipinski definition) is 1. The van der Waals surface area contributed by atoms with Gasteiger partial charge in [0.1, 0.15) is 11.5 Å². The Bertz CT molecular complexity index is 837. The minimum absolute atomic E-state index is 0.132. The highest BCUT2D eigenvalue weighted by atomic mass is 32.2. The van der Waals surface area contributed by atoms with Gasteiger partial charge in [0.25, 0.3) is 0 Å². The van der Waals surface area contributed by atoms with Crippen LogP contribution in [-0.4, -0.2) is 46.4 Å². The van der Waals surface area contributed by atoms with Gasteiger partial charge in [0.2, 0.25) is 15.9 Å². The molecule has 0 radical (unpaired) electrons. The van der Waals surface area contributed by atoms with Crippen molar-refractivity contribution in [2.45, 2.75) is 4.90 Å². The highest BCUT2D eigenvalue weighted by Crippen LogP contribution is 2.29. The summed E-state index contributed by atoms with van der Waals surface area (Å²) >= 11 is 0. The summed E-state index contributed by atoms with van der Waals surface area (Å²) in [5.41, 5.74) is 0.429. The van der Waals surface area contributed by atoms with Crippen LogP contribution < -0.4 is 14.8 Å². The van der Waals surface area contributed by atoms with Gasteiger partial charge in [-0.15, -0.1) is 0 Å². The molecule has 0 aromatic heterocycles. The molecule has 2 rings (SSSR count). The molecule has 2 aromatic rings. The molecule has 8 heteroatoms. The molecule has 0 bridgehead atoms. The molecule has 0 fully saturated rings. The van der Waals surface area contributed by atoms with Crippen LogP contribution in [0, 0.1) is 0 Å². The Hall–Kier alpha value is -2.58. The van der Waals surface area contributed by atoms with Crippen molar-refractivity contribution in [3.63, 3.8) is 0 Å². The Morgan fingerprint density at radius 1 is 1.08 bits per heavy atom. The molecule has 0 saturated heterocycles. The molecule has 0 atom stereocenters. The number of sulfonamides is 1. The van der Waals surface area contributed by atoms with Gasteiger partial charge in [-0.25, -0.2) is 8.42 Å². The Morgan fingerprint density at radius 2 is 1.76 bits per heavy atom. The fourth-order valence-electron chi connectivity index (χ4n) is 2.15. The van der Waals surface area contributed by atoms with Crippen molar-refractivity contribution in [3.8, 4) is 11.5 Å². The van der Waals surface area contributed by atoms with Crippen LogP contribution in [0.15, 0.2) is 53.4 Å². The molecule has 2 aromatic carbocycles. The van der Waals surface area contributed by atoms with Gasteiger partial charge in [-0.3, -0.25) is 4.79 Å². The first-order valence-electron chi connectivity index (χ1n) is 7.41. The standard InChI is InChI=1S/C17H20N2O5S/c1-19(25(21,22)14-7-5-4-6-8-14)12-17(20)18-15-10-9-13(23-2)11-16(15)24-3/h4-11H,12H2,1-3H3,(H,18,20). The highest BCUT2D eigenvalue weighted by Gasteiger charge is 2.23. The molecule has 0 heterocycles. The number of benzene rings is 2. The van der Waals surface area contributed by atoms with Gasteiger partial charge in [-0.2, -0.15) is 4.31 Å². The van der Waals surface area contributed by atoms with Crippen molar-refractivity contribution in [2.24, 2.45) is 0 Å². The number of anilines is 1. The van der Waals surface area contributed by atoms with Gasteiger partial charge in [0.05, 0.1) is 31.3 Å². The van der Waals surface area contributed by atoms with Crippen LogP contribution in [0.25, 0.3) is 0 Å². The molecule has 1 N–H and O–H groups in total. The Labute approximate surface area is 147 Å². The molecular weight excluding hydrogens is 344 g/mol. The second-order valence-electron chi connectivity index (χ2n) is 5.19. The number of carbonyl (C=O) groups is 1. The largest absolute Gasteiger partial charge is 0.497 e. The molecule has 0 aliphatic carbocycles. The van der Waals surface area contributed by atoms with Crippen LogP contribution in [0.4, 0.5) is 5.69 Å². The van der Waals surface area contributed by atoms with E-state index in [9.17, 15) is 13.2 Å². The molecule has 0 aliphatic rings. The summed E-state index contributed by atoms with van der Waals surface area (Å²) in [6.07, 6.45) is 0. The number of amides is 1. The lowest BCUT2D eigenvalue weighted by atomic mass is 10.2. The van der Waals surface area contributed by atoms with Gasteiger partial charge in [-0.1, -0.05) is 18.2 Å². The molecule has 0 aliphatic heterocycles. The van der Waals surface area contributed by atoms with Crippen LogP contribution in [0.1, 0.15) is 0 Å². The second-order valence-corrected chi connectivity index (χ2v) is 7.23. The predicted molar refractivity (Wildman–Crippen MR) is 94.4 cm³/mol. The summed E-state index contributed by atoms with van der Waals surface area (Å²) in [6, 6.07) is 12.9.